The van der Waals surface area contributed by atoms with Gasteiger partial charge in [-0.1, -0.05) is 66.7 Å². The smallest absolute Gasteiger partial charge is 0.485 e. The van der Waals surface area contributed by atoms with Crippen molar-refractivity contribution >= 4 is 27.5 Å². The van der Waals surface area contributed by atoms with Crippen molar-refractivity contribution in [3.63, 3.8) is 0 Å². The molecule has 0 amide bonds. The number of nitrogens with zero attached hydrogens (tertiary/aromatic N) is 2. The van der Waals surface area contributed by atoms with Crippen LogP contribution in [0.2, 0.25) is 0 Å². The summed E-state index contributed by atoms with van der Waals surface area (Å²) in [6.45, 7) is 0. The first-order valence-corrected chi connectivity index (χ1v) is 10.4. The first-order chi connectivity index (χ1) is 15.5. The van der Waals surface area contributed by atoms with Crippen molar-refractivity contribution in [3.05, 3.63) is 113 Å². The van der Waals surface area contributed by atoms with Gasteiger partial charge in [0.2, 0.25) is 11.2 Å². The number of hydrogen-bond donors (Lipinski definition) is 0. The van der Waals surface area contributed by atoms with E-state index in [2.05, 4.69) is 4.98 Å². The summed E-state index contributed by atoms with van der Waals surface area (Å²) in [7, 11) is -6.09. The van der Waals surface area contributed by atoms with Gasteiger partial charge in [0.25, 0.3) is 0 Å². The highest BCUT2D eigenvalue weighted by Gasteiger charge is 2.37. The van der Waals surface area contributed by atoms with E-state index in [0.29, 0.717) is 16.7 Å². The van der Waals surface area contributed by atoms with Crippen LogP contribution in [0, 0.1) is 5.39 Å². The van der Waals surface area contributed by atoms with Gasteiger partial charge in [-0.3, -0.25) is 0 Å². The molecule has 0 saturated heterocycles. The Kier molecular flexibility index (Phi) is 8.44. The molecule has 3 rings (SSSR count). The fourth-order valence-corrected chi connectivity index (χ4v) is 2.39. The SMILES string of the molecule is N#[N+]/C(=C(\OC(=O)c1ccccc1)c1ccccc1)c1ccccc1.O=S(=O)([O-])C(F)(F)F. The van der Waals surface area contributed by atoms with E-state index in [1.54, 1.807) is 48.5 Å². The highest BCUT2D eigenvalue weighted by atomic mass is 32.2. The maximum Gasteiger partial charge on any atom is 0.485 e. The number of hydrogen-bond acceptors (Lipinski definition) is 6. The first-order valence-electron chi connectivity index (χ1n) is 9.04. The molecule has 0 aliphatic rings. The molecule has 0 N–H and O–H groups in total. The van der Waals surface area contributed by atoms with Gasteiger partial charge in [0.05, 0.1) is 11.1 Å². The summed E-state index contributed by atoms with van der Waals surface area (Å²) in [5.74, 6) is -0.320. The fourth-order valence-electron chi connectivity index (χ4n) is 2.39. The molecule has 7 nitrogen and oxygen atoms in total. The van der Waals surface area contributed by atoms with Gasteiger partial charge in [0, 0.05) is 5.56 Å². The zero-order valence-electron chi connectivity index (χ0n) is 16.6. The van der Waals surface area contributed by atoms with E-state index in [-0.39, 0.29) is 11.5 Å². The standard InChI is InChI=1S/C21H15N2O2.CHF3O3S/c22-23-19(16-10-4-1-5-11-16)20(17-12-6-2-7-13-17)25-21(24)18-14-8-3-9-15-18;2-1(3,4)8(5,6)7/h1-15H;(H,5,6,7)/q+1;/p-1/b20-19-;. The van der Waals surface area contributed by atoms with Crippen molar-refractivity contribution in [1.29, 1.82) is 5.39 Å². The molecular weight excluding hydrogens is 461 g/mol. The van der Waals surface area contributed by atoms with Crippen LogP contribution in [-0.2, 0) is 14.9 Å². The summed E-state index contributed by atoms with van der Waals surface area (Å²) < 4.78 is 64.5. The Morgan fingerprint density at radius 2 is 1.15 bits per heavy atom. The van der Waals surface area contributed by atoms with E-state index in [1.165, 1.54) is 0 Å². The molecule has 0 fully saturated rings. The maximum absolute atomic E-state index is 12.5. The van der Waals surface area contributed by atoms with E-state index in [1.807, 2.05) is 42.5 Å². The Balaban J connectivity index is 0.000000414. The highest BCUT2D eigenvalue weighted by Crippen LogP contribution is 2.29. The number of esters is 1. The second-order valence-electron chi connectivity index (χ2n) is 6.17. The lowest BCUT2D eigenvalue weighted by Crippen LogP contribution is -2.21. The predicted molar refractivity (Wildman–Crippen MR) is 112 cm³/mol. The van der Waals surface area contributed by atoms with Crippen LogP contribution in [0.5, 0.6) is 0 Å². The highest BCUT2D eigenvalue weighted by molar-refractivity contribution is 7.86. The number of diazo groups is 1. The van der Waals surface area contributed by atoms with Gasteiger partial charge in [-0.15, -0.1) is 0 Å². The first kappa shape index (κ1) is 25.3. The van der Waals surface area contributed by atoms with Crippen molar-refractivity contribution in [2.75, 3.05) is 0 Å². The maximum atomic E-state index is 12.5. The molecule has 0 saturated carbocycles. The van der Waals surface area contributed by atoms with Crippen LogP contribution < -0.4 is 0 Å². The third kappa shape index (κ3) is 7.27. The number of halogens is 3. The van der Waals surface area contributed by atoms with Crippen LogP contribution in [0.15, 0.2) is 91.0 Å². The molecule has 33 heavy (non-hydrogen) atoms. The number of ether oxygens (including phenoxy) is 1. The topological polar surface area (TPSA) is 112 Å². The summed E-state index contributed by atoms with van der Waals surface area (Å²) >= 11 is 0. The zero-order valence-corrected chi connectivity index (χ0v) is 17.5. The quantitative estimate of drug-likeness (QED) is 0.127. The average molecular weight is 476 g/mol. The number of alkyl halides is 3. The second-order valence-corrected chi connectivity index (χ2v) is 7.54. The molecule has 0 aromatic heterocycles. The zero-order chi connectivity index (χ0) is 24.5. The van der Waals surface area contributed by atoms with Crippen molar-refractivity contribution in [2.45, 2.75) is 5.51 Å². The molecule has 0 heterocycles. The summed E-state index contributed by atoms with van der Waals surface area (Å²) in [6, 6.07) is 26.9. The molecule has 3 aromatic carbocycles. The van der Waals surface area contributed by atoms with Crippen molar-refractivity contribution < 1.29 is 35.7 Å². The molecule has 0 radical (unpaired) electrons. The third-order valence-electron chi connectivity index (χ3n) is 3.89. The fraction of sp³-hybridized carbons (Fsp3) is 0.0455. The molecule has 0 atom stereocenters. The summed E-state index contributed by atoms with van der Waals surface area (Å²) in [6.07, 6.45) is 0. The summed E-state index contributed by atoms with van der Waals surface area (Å²) in [5, 5.41) is 9.57. The van der Waals surface area contributed by atoms with Crippen molar-refractivity contribution in [2.24, 2.45) is 0 Å². The minimum atomic E-state index is -6.09. The van der Waals surface area contributed by atoms with Crippen LogP contribution in [0.4, 0.5) is 13.2 Å². The van der Waals surface area contributed by atoms with E-state index in [0.717, 1.165) is 0 Å². The van der Waals surface area contributed by atoms with Gasteiger partial charge in [-0.25, -0.2) is 13.2 Å². The molecule has 170 valence electrons. The van der Waals surface area contributed by atoms with E-state index in [9.17, 15) is 23.4 Å². The second kappa shape index (κ2) is 11.0. The van der Waals surface area contributed by atoms with Gasteiger partial charge < -0.3 is 9.29 Å². The molecule has 11 heteroatoms. The minimum absolute atomic E-state index is 0.191. The van der Waals surface area contributed by atoms with Gasteiger partial charge in [-0.2, -0.15) is 13.2 Å². The Morgan fingerprint density at radius 3 is 1.52 bits per heavy atom. The normalized spacial score (nSPS) is 11.8. The van der Waals surface area contributed by atoms with E-state index in [4.69, 9.17) is 17.7 Å². The Labute approximate surface area is 187 Å². The summed E-state index contributed by atoms with van der Waals surface area (Å²) in [5.41, 5.74) is -3.75. The Morgan fingerprint density at radius 1 is 0.788 bits per heavy atom. The minimum Gasteiger partial charge on any atom is -0.741 e. The van der Waals surface area contributed by atoms with Crippen LogP contribution >= 0.6 is 0 Å². The lowest BCUT2D eigenvalue weighted by molar-refractivity contribution is -0.0517. The summed E-state index contributed by atoms with van der Waals surface area (Å²) in [4.78, 5) is 15.9. The lowest BCUT2D eigenvalue weighted by atomic mass is 10.1. The van der Waals surface area contributed by atoms with E-state index < -0.39 is 21.6 Å². The molecule has 0 unspecified atom stereocenters. The number of rotatable bonds is 4. The lowest BCUT2D eigenvalue weighted by Gasteiger charge is -2.08. The van der Waals surface area contributed by atoms with Gasteiger partial charge in [-0.05, 0) is 24.3 Å². The predicted octanol–water partition coefficient (Wildman–Crippen LogP) is 5.27. The number of benzene rings is 3. The Bertz CT molecular complexity index is 1260. The Hall–Kier alpha value is -4.01. The third-order valence-corrected chi connectivity index (χ3v) is 4.45. The number of carbonyl (C=O) groups is 1. The van der Waals surface area contributed by atoms with Crippen molar-refractivity contribution in [3.8, 4) is 0 Å². The monoisotopic (exact) mass is 476 g/mol. The van der Waals surface area contributed by atoms with Gasteiger partial charge in [0.15, 0.2) is 15.1 Å². The van der Waals surface area contributed by atoms with Crippen LogP contribution in [0.25, 0.3) is 16.4 Å². The van der Waals surface area contributed by atoms with Crippen LogP contribution in [0.1, 0.15) is 21.5 Å². The molecule has 0 aliphatic carbocycles. The number of carbonyl (C=O) groups excluding carboxylic acids is 1. The van der Waals surface area contributed by atoms with E-state index >= 15 is 0 Å². The van der Waals surface area contributed by atoms with Gasteiger partial charge >= 0.3 is 17.2 Å². The largest absolute Gasteiger partial charge is 0.741 e. The van der Waals surface area contributed by atoms with Crippen LogP contribution in [0.3, 0.4) is 0 Å². The molecule has 0 spiro atoms. The van der Waals surface area contributed by atoms with Gasteiger partial charge in [0.1, 0.15) is 0 Å². The van der Waals surface area contributed by atoms with Crippen LogP contribution in [-0.4, -0.2) is 24.4 Å². The van der Waals surface area contributed by atoms with Crippen molar-refractivity contribution in [1.82, 2.24) is 0 Å². The molecular formula is C22H15F3N2O5S. The molecule has 0 aliphatic heterocycles. The average Bonchev–Trinajstić information content (AvgIpc) is 2.80. The molecule has 3 aromatic rings. The molecule has 0 bridgehead atoms.